The molecule has 0 atom stereocenters. The van der Waals surface area contributed by atoms with Crippen LogP contribution < -0.4 is 10.2 Å². The molecule has 1 amide bonds. The largest absolute Gasteiger partial charge is 0.372 e. The summed E-state index contributed by atoms with van der Waals surface area (Å²) in [6.07, 6.45) is 8.43. The van der Waals surface area contributed by atoms with Gasteiger partial charge in [0, 0.05) is 37.4 Å². The number of aromatic nitrogens is 3. The van der Waals surface area contributed by atoms with E-state index in [0.717, 1.165) is 49.1 Å². The van der Waals surface area contributed by atoms with E-state index in [0.29, 0.717) is 5.75 Å². The molecule has 0 spiro atoms. The van der Waals surface area contributed by atoms with Crippen molar-refractivity contribution in [3.05, 3.63) is 30.1 Å². The number of thioether (sulfide) groups is 1. The predicted octanol–water partition coefficient (Wildman–Crippen LogP) is 3.73. The summed E-state index contributed by atoms with van der Waals surface area (Å²) in [5.41, 5.74) is 2.09. The second-order valence-corrected chi connectivity index (χ2v) is 8.24. The molecule has 6 nitrogen and oxygen atoms in total. The van der Waals surface area contributed by atoms with Gasteiger partial charge in [0.25, 0.3) is 0 Å². The van der Waals surface area contributed by atoms with Gasteiger partial charge in [-0.2, -0.15) is 0 Å². The fourth-order valence-corrected chi connectivity index (χ4v) is 4.58. The van der Waals surface area contributed by atoms with Crippen molar-refractivity contribution in [2.24, 2.45) is 0 Å². The molecule has 0 saturated carbocycles. The SMILES string of the molecule is O=C(CSc1nnc2n1CCCCC2)Nc1ccc(N2CCCCC2)cc1. The van der Waals surface area contributed by atoms with Crippen molar-refractivity contribution in [1.82, 2.24) is 14.8 Å². The van der Waals surface area contributed by atoms with Crippen LogP contribution in [0, 0.1) is 0 Å². The van der Waals surface area contributed by atoms with Gasteiger partial charge in [-0.3, -0.25) is 4.79 Å². The van der Waals surface area contributed by atoms with Crippen LogP contribution in [-0.4, -0.2) is 39.5 Å². The number of carbonyl (C=O) groups excluding carboxylic acids is 1. The monoisotopic (exact) mass is 385 g/mol. The van der Waals surface area contributed by atoms with Gasteiger partial charge >= 0.3 is 0 Å². The molecular formula is C20H27N5OS. The van der Waals surface area contributed by atoms with Crippen molar-refractivity contribution in [2.45, 2.75) is 56.6 Å². The van der Waals surface area contributed by atoms with Crippen LogP contribution >= 0.6 is 11.8 Å². The van der Waals surface area contributed by atoms with E-state index in [-0.39, 0.29) is 5.91 Å². The van der Waals surface area contributed by atoms with Crippen LogP contribution in [0.25, 0.3) is 0 Å². The topological polar surface area (TPSA) is 63.1 Å². The van der Waals surface area contributed by atoms with E-state index in [1.807, 2.05) is 12.1 Å². The fourth-order valence-electron chi connectivity index (χ4n) is 3.80. The predicted molar refractivity (Wildman–Crippen MR) is 109 cm³/mol. The molecule has 1 N–H and O–H groups in total. The van der Waals surface area contributed by atoms with Gasteiger partial charge in [-0.1, -0.05) is 18.2 Å². The first-order valence-electron chi connectivity index (χ1n) is 9.99. The number of benzene rings is 1. The Labute approximate surface area is 164 Å². The van der Waals surface area contributed by atoms with Crippen LogP contribution in [-0.2, 0) is 17.8 Å². The minimum absolute atomic E-state index is 0.00306. The van der Waals surface area contributed by atoms with Gasteiger partial charge in [-0.05, 0) is 56.4 Å². The van der Waals surface area contributed by atoms with Gasteiger partial charge in [0.15, 0.2) is 5.16 Å². The smallest absolute Gasteiger partial charge is 0.234 e. The Kier molecular flexibility index (Phi) is 5.97. The van der Waals surface area contributed by atoms with E-state index in [2.05, 4.69) is 37.1 Å². The summed E-state index contributed by atoms with van der Waals surface area (Å²) >= 11 is 1.47. The zero-order chi connectivity index (χ0) is 18.5. The molecule has 3 heterocycles. The van der Waals surface area contributed by atoms with Crippen LogP contribution in [0.15, 0.2) is 29.4 Å². The van der Waals surface area contributed by atoms with Crippen LogP contribution in [0.4, 0.5) is 11.4 Å². The van der Waals surface area contributed by atoms with E-state index >= 15 is 0 Å². The van der Waals surface area contributed by atoms with Gasteiger partial charge in [-0.15, -0.1) is 10.2 Å². The van der Waals surface area contributed by atoms with Crippen LogP contribution in [0.1, 0.15) is 44.3 Å². The summed E-state index contributed by atoms with van der Waals surface area (Å²) in [6.45, 7) is 3.22. The number of nitrogens with one attached hydrogen (secondary N) is 1. The van der Waals surface area contributed by atoms with Crippen molar-refractivity contribution in [2.75, 3.05) is 29.1 Å². The highest BCUT2D eigenvalue weighted by Crippen LogP contribution is 2.23. The van der Waals surface area contributed by atoms with E-state index in [1.54, 1.807) is 0 Å². The highest BCUT2D eigenvalue weighted by atomic mass is 32.2. The molecule has 1 aromatic carbocycles. The maximum Gasteiger partial charge on any atom is 0.234 e. The molecule has 2 aromatic rings. The molecule has 0 unspecified atom stereocenters. The molecule has 2 aliphatic rings. The summed E-state index contributed by atoms with van der Waals surface area (Å²) in [7, 11) is 0. The summed E-state index contributed by atoms with van der Waals surface area (Å²) in [6, 6.07) is 8.20. The molecule has 2 aliphatic heterocycles. The quantitative estimate of drug-likeness (QED) is 0.795. The van der Waals surface area contributed by atoms with E-state index in [9.17, 15) is 4.79 Å². The Balaban J connectivity index is 1.30. The highest BCUT2D eigenvalue weighted by molar-refractivity contribution is 7.99. The third-order valence-electron chi connectivity index (χ3n) is 5.28. The highest BCUT2D eigenvalue weighted by Gasteiger charge is 2.16. The third-order valence-corrected chi connectivity index (χ3v) is 6.25. The Bertz CT molecular complexity index is 767. The van der Waals surface area contributed by atoms with Gasteiger partial charge in [0.05, 0.1) is 5.75 Å². The van der Waals surface area contributed by atoms with Crippen LogP contribution in [0.2, 0.25) is 0 Å². The lowest BCUT2D eigenvalue weighted by Gasteiger charge is -2.28. The number of rotatable bonds is 5. The van der Waals surface area contributed by atoms with Crippen LogP contribution in [0.3, 0.4) is 0 Å². The molecule has 1 aromatic heterocycles. The number of amides is 1. The zero-order valence-electron chi connectivity index (χ0n) is 15.7. The van der Waals surface area contributed by atoms with Crippen LogP contribution in [0.5, 0.6) is 0 Å². The molecule has 27 heavy (non-hydrogen) atoms. The number of piperidine rings is 1. The first-order valence-corrected chi connectivity index (χ1v) is 11.0. The lowest BCUT2D eigenvalue weighted by Crippen LogP contribution is -2.29. The second-order valence-electron chi connectivity index (χ2n) is 7.29. The van der Waals surface area contributed by atoms with E-state index in [4.69, 9.17) is 0 Å². The Morgan fingerprint density at radius 2 is 1.70 bits per heavy atom. The zero-order valence-corrected chi connectivity index (χ0v) is 16.5. The fraction of sp³-hybridized carbons (Fsp3) is 0.550. The lowest BCUT2D eigenvalue weighted by atomic mass is 10.1. The minimum Gasteiger partial charge on any atom is -0.372 e. The Hall–Kier alpha value is -2.02. The molecule has 4 rings (SSSR count). The van der Waals surface area contributed by atoms with Crippen molar-refractivity contribution in [3.63, 3.8) is 0 Å². The van der Waals surface area contributed by atoms with Gasteiger partial charge in [-0.25, -0.2) is 0 Å². The maximum absolute atomic E-state index is 12.3. The number of fused-ring (bicyclic) bond motifs is 1. The summed E-state index contributed by atoms with van der Waals surface area (Å²) in [5.74, 6) is 1.41. The average molecular weight is 386 g/mol. The number of carbonyl (C=O) groups is 1. The number of anilines is 2. The molecule has 0 aliphatic carbocycles. The van der Waals surface area contributed by atoms with Gasteiger partial charge in [0.1, 0.15) is 5.82 Å². The molecule has 7 heteroatoms. The molecule has 0 radical (unpaired) electrons. The van der Waals surface area contributed by atoms with Gasteiger partial charge < -0.3 is 14.8 Å². The average Bonchev–Trinajstić information content (AvgIpc) is 2.93. The summed E-state index contributed by atoms with van der Waals surface area (Å²) < 4.78 is 2.18. The first-order chi connectivity index (χ1) is 13.3. The van der Waals surface area contributed by atoms with Crippen molar-refractivity contribution in [1.29, 1.82) is 0 Å². The Morgan fingerprint density at radius 1 is 0.963 bits per heavy atom. The van der Waals surface area contributed by atoms with Gasteiger partial charge in [0.2, 0.25) is 5.91 Å². The molecule has 0 bridgehead atoms. The van der Waals surface area contributed by atoms with E-state index in [1.165, 1.54) is 49.6 Å². The summed E-state index contributed by atoms with van der Waals surface area (Å²) in [5, 5.41) is 12.4. The number of hydrogen-bond donors (Lipinski definition) is 1. The standard InChI is InChI=1S/C20H27N5OS/c26-19(15-27-20-23-22-18-7-3-1-6-14-25(18)20)21-16-8-10-17(11-9-16)24-12-4-2-5-13-24/h8-11H,1-7,12-15H2,(H,21,26). The van der Waals surface area contributed by atoms with Crippen molar-refractivity contribution >= 4 is 29.0 Å². The second kappa shape index (κ2) is 8.78. The van der Waals surface area contributed by atoms with Crippen molar-refractivity contribution < 1.29 is 4.79 Å². The lowest BCUT2D eigenvalue weighted by molar-refractivity contribution is -0.113. The number of aryl methyl sites for hydroxylation is 1. The normalized spacial score (nSPS) is 17.3. The Morgan fingerprint density at radius 3 is 2.52 bits per heavy atom. The minimum atomic E-state index is -0.00306. The van der Waals surface area contributed by atoms with E-state index < -0.39 is 0 Å². The molecule has 1 saturated heterocycles. The molecular weight excluding hydrogens is 358 g/mol. The molecule has 144 valence electrons. The maximum atomic E-state index is 12.3. The number of nitrogens with zero attached hydrogens (tertiary/aromatic N) is 4. The summed E-state index contributed by atoms with van der Waals surface area (Å²) in [4.78, 5) is 14.7. The van der Waals surface area contributed by atoms with Crippen molar-refractivity contribution in [3.8, 4) is 0 Å². The molecule has 1 fully saturated rings. The first kappa shape index (κ1) is 18.3. The third kappa shape index (κ3) is 4.64. The number of hydrogen-bond acceptors (Lipinski definition) is 5.